The first kappa shape index (κ1) is 13.4. The van der Waals surface area contributed by atoms with E-state index in [-0.39, 0.29) is 0 Å². The Morgan fingerprint density at radius 3 is 2.78 bits per heavy atom. The minimum atomic E-state index is 0.659. The van der Waals surface area contributed by atoms with Crippen molar-refractivity contribution in [1.29, 1.82) is 0 Å². The molecule has 2 heteroatoms. The molecule has 2 atom stereocenters. The molecule has 1 aliphatic rings. The fourth-order valence-electron chi connectivity index (χ4n) is 3.09. The monoisotopic (exact) mass is 246 g/mol. The third kappa shape index (κ3) is 2.86. The predicted octanol–water partition coefficient (Wildman–Crippen LogP) is 3.34. The van der Waals surface area contributed by atoms with Crippen molar-refractivity contribution < 1.29 is 0 Å². The highest BCUT2D eigenvalue weighted by atomic mass is 15.2. The summed E-state index contributed by atoms with van der Waals surface area (Å²) in [5.74, 6) is 0.870. The van der Waals surface area contributed by atoms with Crippen molar-refractivity contribution >= 4 is 5.69 Å². The first-order valence-corrected chi connectivity index (χ1v) is 7.12. The highest BCUT2D eigenvalue weighted by Crippen LogP contribution is 2.30. The molecule has 0 amide bonds. The predicted molar refractivity (Wildman–Crippen MR) is 79.1 cm³/mol. The van der Waals surface area contributed by atoms with E-state index >= 15 is 0 Å². The smallest absolute Gasteiger partial charge is 0.0414 e. The van der Waals surface area contributed by atoms with Crippen molar-refractivity contribution in [2.75, 3.05) is 18.5 Å². The van der Waals surface area contributed by atoms with E-state index < -0.39 is 0 Å². The Hall–Kier alpha value is -1.02. The fraction of sp³-hybridized carbons (Fsp3) is 0.625. The van der Waals surface area contributed by atoms with Crippen molar-refractivity contribution in [3.05, 3.63) is 29.3 Å². The average molecular weight is 246 g/mol. The van der Waals surface area contributed by atoms with Gasteiger partial charge in [-0.25, -0.2) is 0 Å². The standard InChI is InChI=1S/C16H26N2/c1-12-5-6-16(15(10-12)11-17-4)18-8-7-13(2)9-14(18)3/h5-6,10,13-14,17H,7-9,11H2,1-4H3. The van der Waals surface area contributed by atoms with Crippen molar-refractivity contribution in [2.24, 2.45) is 5.92 Å². The summed E-state index contributed by atoms with van der Waals surface area (Å²) in [5.41, 5.74) is 4.20. The van der Waals surface area contributed by atoms with Gasteiger partial charge in [0.2, 0.25) is 0 Å². The number of nitrogens with one attached hydrogen (secondary N) is 1. The van der Waals surface area contributed by atoms with Gasteiger partial charge in [0, 0.05) is 24.8 Å². The molecule has 1 N–H and O–H groups in total. The van der Waals surface area contributed by atoms with Gasteiger partial charge in [0.1, 0.15) is 0 Å². The molecule has 1 aromatic rings. The molecular formula is C16H26N2. The SMILES string of the molecule is CNCc1cc(C)ccc1N1CCC(C)CC1C. The first-order chi connectivity index (χ1) is 8.61. The highest BCUT2D eigenvalue weighted by Gasteiger charge is 2.24. The number of piperidine rings is 1. The summed E-state index contributed by atoms with van der Waals surface area (Å²) in [6.45, 7) is 9.05. The summed E-state index contributed by atoms with van der Waals surface area (Å²) in [6.07, 6.45) is 2.63. The second kappa shape index (κ2) is 5.75. The molecule has 2 nitrogen and oxygen atoms in total. The molecule has 100 valence electrons. The molecule has 1 heterocycles. The van der Waals surface area contributed by atoms with Gasteiger partial charge in [-0.05, 0) is 51.3 Å². The van der Waals surface area contributed by atoms with Crippen LogP contribution in [0, 0.1) is 12.8 Å². The van der Waals surface area contributed by atoms with Gasteiger partial charge in [0.05, 0.1) is 0 Å². The van der Waals surface area contributed by atoms with E-state index in [0.29, 0.717) is 6.04 Å². The minimum absolute atomic E-state index is 0.659. The number of hydrogen-bond donors (Lipinski definition) is 1. The van der Waals surface area contributed by atoms with Crippen LogP contribution in [0.4, 0.5) is 5.69 Å². The summed E-state index contributed by atoms with van der Waals surface area (Å²) < 4.78 is 0. The van der Waals surface area contributed by atoms with Crippen molar-refractivity contribution in [3.63, 3.8) is 0 Å². The lowest BCUT2D eigenvalue weighted by molar-refractivity contribution is 0.377. The van der Waals surface area contributed by atoms with Gasteiger partial charge in [-0.2, -0.15) is 0 Å². The number of hydrogen-bond acceptors (Lipinski definition) is 2. The lowest BCUT2D eigenvalue weighted by atomic mass is 9.92. The van der Waals surface area contributed by atoms with E-state index in [2.05, 4.69) is 49.2 Å². The minimum Gasteiger partial charge on any atom is -0.369 e. The van der Waals surface area contributed by atoms with Crippen LogP contribution in [0.1, 0.15) is 37.8 Å². The lowest BCUT2D eigenvalue weighted by Gasteiger charge is -2.39. The normalized spacial score (nSPS) is 24.3. The average Bonchev–Trinajstić information content (AvgIpc) is 2.31. The topological polar surface area (TPSA) is 15.3 Å². The Balaban J connectivity index is 2.26. The maximum absolute atomic E-state index is 3.29. The number of anilines is 1. The van der Waals surface area contributed by atoms with Crippen molar-refractivity contribution in [2.45, 2.75) is 46.2 Å². The second-order valence-corrected chi connectivity index (χ2v) is 5.83. The van der Waals surface area contributed by atoms with Crippen LogP contribution < -0.4 is 10.2 Å². The third-order valence-corrected chi connectivity index (χ3v) is 4.05. The van der Waals surface area contributed by atoms with Crippen LogP contribution in [-0.4, -0.2) is 19.6 Å². The van der Waals surface area contributed by atoms with Gasteiger partial charge in [-0.1, -0.05) is 24.6 Å². The maximum atomic E-state index is 3.29. The first-order valence-electron chi connectivity index (χ1n) is 7.12. The fourth-order valence-corrected chi connectivity index (χ4v) is 3.09. The van der Waals surface area contributed by atoms with E-state index in [0.717, 1.165) is 12.5 Å². The third-order valence-electron chi connectivity index (χ3n) is 4.05. The zero-order chi connectivity index (χ0) is 13.1. The number of nitrogens with zero attached hydrogens (tertiary/aromatic N) is 1. The lowest BCUT2D eigenvalue weighted by Crippen LogP contribution is -2.40. The summed E-state index contributed by atoms with van der Waals surface area (Å²) >= 11 is 0. The molecule has 1 fully saturated rings. The quantitative estimate of drug-likeness (QED) is 0.880. The van der Waals surface area contributed by atoms with Crippen LogP contribution in [0.25, 0.3) is 0 Å². The largest absolute Gasteiger partial charge is 0.369 e. The summed E-state index contributed by atoms with van der Waals surface area (Å²) in [4.78, 5) is 2.59. The Morgan fingerprint density at radius 2 is 2.11 bits per heavy atom. The van der Waals surface area contributed by atoms with E-state index in [4.69, 9.17) is 0 Å². The van der Waals surface area contributed by atoms with Crippen LogP contribution >= 0.6 is 0 Å². The van der Waals surface area contributed by atoms with Crippen LogP contribution in [-0.2, 0) is 6.54 Å². The van der Waals surface area contributed by atoms with Crippen LogP contribution in [0.3, 0.4) is 0 Å². The molecule has 0 radical (unpaired) electrons. The van der Waals surface area contributed by atoms with Crippen LogP contribution in [0.2, 0.25) is 0 Å². The molecular weight excluding hydrogens is 220 g/mol. The van der Waals surface area contributed by atoms with Gasteiger partial charge in [-0.3, -0.25) is 0 Å². The molecule has 2 unspecified atom stereocenters. The molecule has 0 bridgehead atoms. The molecule has 1 aromatic carbocycles. The van der Waals surface area contributed by atoms with Gasteiger partial charge in [-0.15, -0.1) is 0 Å². The summed E-state index contributed by atoms with van der Waals surface area (Å²) in [5, 5.41) is 3.29. The molecule has 0 saturated carbocycles. The molecule has 1 saturated heterocycles. The number of benzene rings is 1. The Morgan fingerprint density at radius 1 is 1.33 bits per heavy atom. The molecule has 0 spiro atoms. The Labute approximate surface area is 111 Å². The Kier molecular flexibility index (Phi) is 4.28. The van der Waals surface area contributed by atoms with E-state index in [1.165, 1.54) is 36.2 Å². The number of aryl methyl sites for hydroxylation is 1. The van der Waals surface area contributed by atoms with Crippen molar-refractivity contribution in [1.82, 2.24) is 5.32 Å². The van der Waals surface area contributed by atoms with Crippen LogP contribution in [0.15, 0.2) is 18.2 Å². The highest BCUT2D eigenvalue weighted by molar-refractivity contribution is 5.56. The van der Waals surface area contributed by atoms with Gasteiger partial charge in [0.15, 0.2) is 0 Å². The molecule has 0 aliphatic carbocycles. The van der Waals surface area contributed by atoms with Gasteiger partial charge in [0.25, 0.3) is 0 Å². The zero-order valence-corrected chi connectivity index (χ0v) is 12.2. The zero-order valence-electron chi connectivity index (χ0n) is 12.2. The molecule has 0 aromatic heterocycles. The molecule has 2 rings (SSSR count). The van der Waals surface area contributed by atoms with Crippen LogP contribution in [0.5, 0.6) is 0 Å². The Bertz CT molecular complexity index is 400. The molecule has 1 aliphatic heterocycles. The van der Waals surface area contributed by atoms with E-state index in [1.54, 1.807) is 0 Å². The van der Waals surface area contributed by atoms with Crippen molar-refractivity contribution in [3.8, 4) is 0 Å². The summed E-state index contributed by atoms with van der Waals surface area (Å²) in [6, 6.07) is 7.51. The molecule has 18 heavy (non-hydrogen) atoms. The second-order valence-electron chi connectivity index (χ2n) is 5.83. The maximum Gasteiger partial charge on any atom is 0.0414 e. The number of rotatable bonds is 3. The van der Waals surface area contributed by atoms with E-state index in [1.807, 2.05) is 7.05 Å². The van der Waals surface area contributed by atoms with Gasteiger partial charge >= 0.3 is 0 Å². The van der Waals surface area contributed by atoms with E-state index in [9.17, 15) is 0 Å². The summed E-state index contributed by atoms with van der Waals surface area (Å²) in [7, 11) is 2.02. The van der Waals surface area contributed by atoms with Gasteiger partial charge < -0.3 is 10.2 Å².